The zero-order chi connectivity index (χ0) is 22.6. The molecule has 0 bridgehead atoms. The molecule has 31 heavy (non-hydrogen) atoms. The van der Waals surface area contributed by atoms with E-state index in [1.807, 2.05) is 42.5 Å². The number of oxazole rings is 1. The number of hydrogen-bond acceptors (Lipinski definition) is 4. The van der Waals surface area contributed by atoms with Gasteiger partial charge in [0.25, 0.3) is 0 Å². The van der Waals surface area contributed by atoms with Crippen molar-refractivity contribution in [3.05, 3.63) is 76.6 Å². The first-order valence-electron chi connectivity index (χ1n) is 11.0. The fourth-order valence-electron chi connectivity index (χ4n) is 4.97. The number of aromatic nitrogens is 1. The van der Waals surface area contributed by atoms with Crippen LogP contribution in [0.3, 0.4) is 0 Å². The molecular weight excluding hydrogens is 402 g/mol. The van der Waals surface area contributed by atoms with E-state index >= 15 is 0 Å². The van der Waals surface area contributed by atoms with Crippen LogP contribution in [0.2, 0.25) is 16.6 Å². The van der Waals surface area contributed by atoms with Crippen LogP contribution in [0.1, 0.15) is 47.1 Å². The molecule has 164 valence electrons. The van der Waals surface area contributed by atoms with Gasteiger partial charge in [0.1, 0.15) is 18.6 Å². The Morgan fingerprint density at radius 1 is 0.871 bits per heavy atom. The average molecular weight is 436 g/mol. The first kappa shape index (κ1) is 23.0. The van der Waals surface area contributed by atoms with Crippen LogP contribution in [0.4, 0.5) is 0 Å². The normalized spacial score (nSPS) is 12.0. The van der Waals surface area contributed by atoms with Gasteiger partial charge in [-0.3, -0.25) is 4.79 Å². The molecule has 0 saturated carbocycles. The molecule has 0 amide bonds. The summed E-state index contributed by atoms with van der Waals surface area (Å²) in [5, 5.41) is 0. The zero-order valence-corrected chi connectivity index (χ0v) is 20.4. The van der Waals surface area contributed by atoms with E-state index in [-0.39, 0.29) is 5.43 Å². The van der Waals surface area contributed by atoms with Gasteiger partial charge in [0.05, 0.1) is 5.56 Å². The van der Waals surface area contributed by atoms with E-state index in [0.717, 1.165) is 11.1 Å². The first-order valence-corrected chi connectivity index (χ1v) is 13.3. The maximum Gasteiger partial charge on any atom is 0.229 e. The average Bonchev–Trinajstić information content (AvgIpc) is 3.12. The van der Waals surface area contributed by atoms with Crippen LogP contribution in [0.5, 0.6) is 5.75 Å². The van der Waals surface area contributed by atoms with E-state index in [1.165, 1.54) is 0 Å². The Hall–Kier alpha value is -2.66. The minimum absolute atomic E-state index is 0.174. The second-order valence-electron chi connectivity index (χ2n) is 9.03. The number of ether oxygens (including phenoxy) is 1. The van der Waals surface area contributed by atoms with E-state index in [2.05, 4.69) is 41.5 Å². The highest BCUT2D eigenvalue weighted by atomic mass is 28.3. The van der Waals surface area contributed by atoms with Crippen molar-refractivity contribution in [1.29, 1.82) is 0 Å². The summed E-state index contributed by atoms with van der Waals surface area (Å²) in [5.74, 6) is 0.313. The topological polar surface area (TPSA) is 52.3 Å². The highest BCUT2D eigenvalue weighted by Gasteiger charge is 2.49. The SMILES string of the molecule is CC(C)[Si](c1nc(-c2ccccc(OCc3ccccc3)c2=O)co1)(C(C)C)C(C)C. The van der Waals surface area contributed by atoms with Crippen molar-refractivity contribution in [2.45, 2.75) is 64.8 Å². The predicted octanol–water partition coefficient (Wildman–Crippen LogP) is 6.17. The molecule has 0 aliphatic rings. The van der Waals surface area contributed by atoms with Gasteiger partial charge >= 0.3 is 0 Å². The Kier molecular flexibility index (Phi) is 7.16. The van der Waals surface area contributed by atoms with Gasteiger partial charge in [-0.2, -0.15) is 0 Å². The highest BCUT2D eigenvalue weighted by Crippen LogP contribution is 2.41. The minimum atomic E-state index is -2.04. The molecule has 0 fully saturated rings. The molecule has 0 aliphatic carbocycles. The third-order valence-electron chi connectivity index (χ3n) is 6.34. The van der Waals surface area contributed by atoms with E-state index in [0.29, 0.717) is 40.2 Å². The summed E-state index contributed by atoms with van der Waals surface area (Å²) in [6, 6.07) is 17.0. The quantitative estimate of drug-likeness (QED) is 0.397. The second-order valence-corrected chi connectivity index (χ2v) is 14.8. The highest BCUT2D eigenvalue weighted by molar-refractivity contribution is 6.93. The molecule has 0 aliphatic heterocycles. The Morgan fingerprint density at radius 3 is 2.06 bits per heavy atom. The maximum atomic E-state index is 13.3. The van der Waals surface area contributed by atoms with Crippen LogP contribution in [0, 0.1) is 0 Å². The molecule has 0 N–H and O–H groups in total. The number of hydrogen-bond donors (Lipinski definition) is 0. The van der Waals surface area contributed by atoms with Crippen LogP contribution in [-0.2, 0) is 6.61 Å². The smallest absolute Gasteiger partial charge is 0.229 e. The molecule has 0 unspecified atom stereocenters. The minimum Gasteiger partial charge on any atom is -0.485 e. The third kappa shape index (κ3) is 4.52. The molecule has 0 atom stereocenters. The Balaban J connectivity index is 2.00. The lowest BCUT2D eigenvalue weighted by Gasteiger charge is -2.39. The molecule has 3 aromatic rings. The zero-order valence-electron chi connectivity index (χ0n) is 19.4. The van der Waals surface area contributed by atoms with Gasteiger partial charge in [-0.05, 0) is 34.3 Å². The molecule has 2 aromatic carbocycles. The lowest BCUT2D eigenvalue weighted by molar-refractivity contribution is 0.304. The second kappa shape index (κ2) is 9.65. The van der Waals surface area contributed by atoms with Crippen molar-refractivity contribution >= 4 is 13.6 Å². The summed E-state index contributed by atoms with van der Waals surface area (Å²) in [4.78, 5) is 18.2. The van der Waals surface area contributed by atoms with Gasteiger partial charge in [-0.25, -0.2) is 4.98 Å². The largest absolute Gasteiger partial charge is 0.485 e. The van der Waals surface area contributed by atoms with Crippen molar-refractivity contribution < 1.29 is 9.15 Å². The number of rotatable bonds is 8. The van der Waals surface area contributed by atoms with Gasteiger partial charge in [0, 0.05) is 0 Å². The van der Waals surface area contributed by atoms with Crippen LogP contribution >= 0.6 is 0 Å². The molecule has 0 spiro atoms. The molecule has 0 radical (unpaired) electrons. The Labute approximate surface area is 186 Å². The molecular formula is C26H33NO3Si. The maximum absolute atomic E-state index is 13.3. The van der Waals surface area contributed by atoms with Crippen LogP contribution in [0.15, 0.2) is 70.1 Å². The summed E-state index contributed by atoms with van der Waals surface area (Å²) in [7, 11) is -2.04. The monoisotopic (exact) mass is 435 g/mol. The predicted molar refractivity (Wildman–Crippen MR) is 130 cm³/mol. The van der Waals surface area contributed by atoms with Crippen molar-refractivity contribution in [2.75, 3.05) is 0 Å². The summed E-state index contributed by atoms with van der Waals surface area (Å²) in [5.41, 5.74) is 4.18. The van der Waals surface area contributed by atoms with E-state index in [9.17, 15) is 4.79 Å². The lowest BCUT2D eigenvalue weighted by Crippen LogP contribution is -2.56. The van der Waals surface area contributed by atoms with Gasteiger partial charge in [0.2, 0.25) is 5.43 Å². The molecule has 0 saturated heterocycles. The van der Waals surface area contributed by atoms with Crippen LogP contribution in [-0.4, -0.2) is 13.1 Å². The molecule has 1 aromatic heterocycles. The summed E-state index contributed by atoms with van der Waals surface area (Å²) in [6.07, 6.45) is 1.64. The first-order chi connectivity index (χ1) is 14.8. The molecule has 5 heteroatoms. The third-order valence-corrected chi connectivity index (χ3v) is 13.0. The van der Waals surface area contributed by atoms with Crippen molar-refractivity contribution in [3.8, 4) is 17.0 Å². The fraction of sp³-hybridized carbons (Fsp3) is 0.385. The number of nitrogens with zero attached hydrogens (tertiary/aromatic N) is 1. The van der Waals surface area contributed by atoms with Gasteiger partial charge in [0.15, 0.2) is 19.3 Å². The Morgan fingerprint density at radius 2 is 1.45 bits per heavy atom. The fourth-order valence-corrected chi connectivity index (χ4v) is 11.0. The molecule has 3 rings (SSSR count). The van der Waals surface area contributed by atoms with Gasteiger partial charge in [-0.1, -0.05) is 84.0 Å². The van der Waals surface area contributed by atoms with Crippen molar-refractivity contribution in [1.82, 2.24) is 4.98 Å². The van der Waals surface area contributed by atoms with E-state index in [1.54, 1.807) is 18.4 Å². The Bertz CT molecular complexity index is 1040. The molecule has 4 nitrogen and oxygen atoms in total. The standard InChI is InChI=1S/C26H33NO3Si/c1-18(2)31(19(3)4,20(5)6)26-27-23(17-30-26)22-14-10-11-15-24(25(22)28)29-16-21-12-8-7-9-13-21/h7-15,17-20H,16H2,1-6H3. The van der Waals surface area contributed by atoms with Crippen molar-refractivity contribution in [3.63, 3.8) is 0 Å². The van der Waals surface area contributed by atoms with Crippen molar-refractivity contribution in [2.24, 2.45) is 0 Å². The van der Waals surface area contributed by atoms with E-state index < -0.39 is 8.07 Å². The van der Waals surface area contributed by atoms with E-state index in [4.69, 9.17) is 14.1 Å². The number of benzene rings is 1. The summed E-state index contributed by atoms with van der Waals surface area (Å²) < 4.78 is 12.0. The molecule has 1 heterocycles. The van der Waals surface area contributed by atoms with Gasteiger partial charge in [-0.15, -0.1) is 0 Å². The van der Waals surface area contributed by atoms with Crippen LogP contribution < -0.4 is 15.7 Å². The summed E-state index contributed by atoms with van der Waals surface area (Å²) >= 11 is 0. The van der Waals surface area contributed by atoms with Gasteiger partial charge < -0.3 is 9.15 Å². The van der Waals surface area contributed by atoms with Crippen LogP contribution in [0.25, 0.3) is 11.3 Å². The summed E-state index contributed by atoms with van der Waals surface area (Å²) in [6.45, 7) is 14.0. The lowest BCUT2D eigenvalue weighted by atomic mass is 10.2.